The molecule has 0 radical (unpaired) electrons. The van der Waals surface area contributed by atoms with Crippen molar-refractivity contribution in [1.82, 2.24) is 0 Å². The predicted octanol–water partition coefficient (Wildman–Crippen LogP) is 3.98. The topological polar surface area (TPSA) is 84.9 Å². The number of carbonyl (C=O) groups is 1. The maximum atomic E-state index is 12.9. The number of anilines is 2. The molecule has 1 heterocycles. The Bertz CT molecular complexity index is 1240. The third kappa shape index (κ3) is 4.40. The van der Waals surface area contributed by atoms with Crippen LogP contribution in [0.4, 0.5) is 11.4 Å². The molecular formula is C24H24N2O5S. The van der Waals surface area contributed by atoms with E-state index in [9.17, 15) is 13.2 Å². The summed E-state index contributed by atoms with van der Waals surface area (Å²) in [7, 11) is -0.895. The normalized spacial score (nSPS) is 13.4. The van der Waals surface area contributed by atoms with Gasteiger partial charge in [-0.1, -0.05) is 30.3 Å². The Labute approximate surface area is 187 Å². The molecule has 3 aromatic carbocycles. The van der Waals surface area contributed by atoms with Gasteiger partial charge in [-0.2, -0.15) is 0 Å². The first kappa shape index (κ1) is 21.7. The third-order valence-electron chi connectivity index (χ3n) is 5.38. The van der Waals surface area contributed by atoms with E-state index in [1.807, 2.05) is 30.3 Å². The Hall–Kier alpha value is -3.52. The number of sulfonamides is 1. The van der Waals surface area contributed by atoms with E-state index in [4.69, 9.17) is 9.47 Å². The van der Waals surface area contributed by atoms with Crippen LogP contribution >= 0.6 is 0 Å². The second-order valence-electron chi connectivity index (χ2n) is 7.43. The number of fused-ring (bicyclic) bond motifs is 1. The largest absolute Gasteiger partial charge is 0.493 e. The third-order valence-corrected chi connectivity index (χ3v) is 6.76. The van der Waals surface area contributed by atoms with Gasteiger partial charge in [0.15, 0.2) is 11.5 Å². The number of aryl methyl sites for hydroxylation is 1. The average Bonchev–Trinajstić information content (AvgIpc) is 2.81. The molecule has 7 nitrogen and oxygen atoms in total. The molecule has 0 saturated carbocycles. The quantitative estimate of drug-likeness (QED) is 0.586. The standard InChI is InChI=1S/C24H24N2O5S/c1-30-22-12-10-20(15-23(22)31-2)32(28,29)25-19-9-11-21-18(14-19)8-13-24(27)26(21)16-17-6-4-3-5-7-17/h3-7,9-12,14-15,25H,8,13,16H2,1-2H3. The molecule has 166 valence electrons. The number of rotatable bonds is 7. The number of methoxy groups -OCH3 is 2. The minimum atomic E-state index is -3.84. The lowest BCUT2D eigenvalue weighted by atomic mass is 10.00. The lowest BCUT2D eigenvalue weighted by molar-refractivity contribution is -0.119. The fraction of sp³-hybridized carbons (Fsp3) is 0.208. The maximum absolute atomic E-state index is 12.9. The maximum Gasteiger partial charge on any atom is 0.262 e. The summed E-state index contributed by atoms with van der Waals surface area (Å²) < 4.78 is 38.9. The van der Waals surface area contributed by atoms with E-state index in [1.54, 1.807) is 29.2 Å². The van der Waals surface area contributed by atoms with E-state index < -0.39 is 10.0 Å². The lowest BCUT2D eigenvalue weighted by Crippen LogP contribution is -2.34. The summed E-state index contributed by atoms with van der Waals surface area (Å²) >= 11 is 0. The summed E-state index contributed by atoms with van der Waals surface area (Å²) in [5, 5.41) is 0. The van der Waals surface area contributed by atoms with E-state index in [0.717, 1.165) is 16.8 Å². The highest BCUT2D eigenvalue weighted by atomic mass is 32.2. The van der Waals surface area contributed by atoms with Gasteiger partial charge < -0.3 is 14.4 Å². The molecule has 0 fully saturated rings. The highest BCUT2D eigenvalue weighted by molar-refractivity contribution is 7.92. The minimum absolute atomic E-state index is 0.0556. The highest BCUT2D eigenvalue weighted by Gasteiger charge is 2.25. The molecule has 8 heteroatoms. The van der Waals surface area contributed by atoms with Gasteiger partial charge in [0.2, 0.25) is 5.91 Å². The van der Waals surface area contributed by atoms with Gasteiger partial charge in [-0.05, 0) is 47.9 Å². The average molecular weight is 453 g/mol. The second-order valence-corrected chi connectivity index (χ2v) is 9.11. The van der Waals surface area contributed by atoms with Gasteiger partial charge in [-0.3, -0.25) is 9.52 Å². The van der Waals surface area contributed by atoms with Crippen LogP contribution < -0.4 is 19.1 Å². The fourth-order valence-corrected chi connectivity index (χ4v) is 4.83. The van der Waals surface area contributed by atoms with Crippen molar-refractivity contribution in [1.29, 1.82) is 0 Å². The molecule has 0 bridgehead atoms. The van der Waals surface area contributed by atoms with Crippen molar-refractivity contribution in [3.8, 4) is 11.5 Å². The Morgan fingerprint density at radius 2 is 1.66 bits per heavy atom. The van der Waals surface area contributed by atoms with Gasteiger partial charge in [0.1, 0.15) is 0 Å². The molecule has 3 aromatic rings. The van der Waals surface area contributed by atoms with Crippen LogP contribution in [0.25, 0.3) is 0 Å². The molecule has 4 rings (SSSR count). The smallest absolute Gasteiger partial charge is 0.262 e. The molecule has 0 saturated heterocycles. The number of carbonyl (C=O) groups excluding carboxylic acids is 1. The Morgan fingerprint density at radius 1 is 0.906 bits per heavy atom. The molecule has 1 aliphatic rings. The first-order valence-corrected chi connectivity index (χ1v) is 11.6. The van der Waals surface area contributed by atoms with E-state index in [0.29, 0.717) is 36.6 Å². The van der Waals surface area contributed by atoms with Gasteiger partial charge >= 0.3 is 0 Å². The SMILES string of the molecule is COc1ccc(S(=O)(=O)Nc2ccc3c(c2)CCC(=O)N3Cc2ccccc2)cc1OC. The van der Waals surface area contributed by atoms with Crippen molar-refractivity contribution in [3.05, 3.63) is 77.9 Å². The molecule has 0 unspecified atom stereocenters. The number of nitrogens with one attached hydrogen (secondary N) is 1. The van der Waals surface area contributed by atoms with Crippen molar-refractivity contribution in [2.75, 3.05) is 23.8 Å². The zero-order chi connectivity index (χ0) is 22.7. The molecule has 1 N–H and O–H groups in total. The number of ether oxygens (including phenoxy) is 2. The lowest BCUT2D eigenvalue weighted by Gasteiger charge is -2.30. The first-order valence-electron chi connectivity index (χ1n) is 10.1. The van der Waals surface area contributed by atoms with E-state index in [2.05, 4.69) is 4.72 Å². The molecule has 0 atom stereocenters. The van der Waals surface area contributed by atoms with Crippen molar-refractivity contribution in [2.24, 2.45) is 0 Å². The van der Waals surface area contributed by atoms with Crippen LogP contribution in [0.2, 0.25) is 0 Å². The summed E-state index contributed by atoms with van der Waals surface area (Å²) in [5.41, 5.74) is 3.20. The Kier molecular flexibility index (Phi) is 6.05. The summed E-state index contributed by atoms with van der Waals surface area (Å²) in [6.07, 6.45) is 0.942. The number of benzene rings is 3. The number of hydrogen-bond acceptors (Lipinski definition) is 5. The zero-order valence-electron chi connectivity index (χ0n) is 17.9. The van der Waals surface area contributed by atoms with Crippen LogP contribution in [-0.4, -0.2) is 28.5 Å². The van der Waals surface area contributed by atoms with Gasteiger partial charge in [0, 0.05) is 23.9 Å². The summed E-state index contributed by atoms with van der Waals surface area (Å²) in [5.74, 6) is 0.833. The van der Waals surface area contributed by atoms with Gasteiger partial charge in [0.25, 0.3) is 10.0 Å². The van der Waals surface area contributed by atoms with Crippen molar-refractivity contribution in [3.63, 3.8) is 0 Å². The molecular weight excluding hydrogens is 428 g/mol. The number of amides is 1. The fourth-order valence-electron chi connectivity index (χ4n) is 3.76. The Balaban J connectivity index is 1.59. The first-order chi connectivity index (χ1) is 15.4. The summed E-state index contributed by atoms with van der Waals surface area (Å²) in [6, 6.07) is 19.5. The monoisotopic (exact) mass is 452 g/mol. The minimum Gasteiger partial charge on any atom is -0.493 e. The summed E-state index contributed by atoms with van der Waals surface area (Å²) in [4.78, 5) is 14.4. The molecule has 0 aliphatic carbocycles. The molecule has 0 aromatic heterocycles. The molecule has 32 heavy (non-hydrogen) atoms. The molecule has 0 spiro atoms. The van der Waals surface area contributed by atoms with E-state index >= 15 is 0 Å². The zero-order valence-corrected chi connectivity index (χ0v) is 18.7. The predicted molar refractivity (Wildman–Crippen MR) is 123 cm³/mol. The van der Waals surface area contributed by atoms with Crippen LogP contribution in [0.15, 0.2) is 71.6 Å². The van der Waals surface area contributed by atoms with E-state index in [-0.39, 0.29) is 10.8 Å². The van der Waals surface area contributed by atoms with Gasteiger partial charge in [0.05, 0.1) is 25.7 Å². The van der Waals surface area contributed by atoms with E-state index in [1.165, 1.54) is 26.4 Å². The number of nitrogens with zero attached hydrogens (tertiary/aromatic N) is 1. The molecule has 1 amide bonds. The van der Waals surface area contributed by atoms with Crippen LogP contribution in [0, 0.1) is 0 Å². The van der Waals surface area contributed by atoms with Crippen LogP contribution in [0.5, 0.6) is 11.5 Å². The van der Waals surface area contributed by atoms with Crippen molar-refractivity contribution >= 4 is 27.3 Å². The second kappa shape index (κ2) is 8.92. The van der Waals surface area contributed by atoms with Crippen molar-refractivity contribution in [2.45, 2.75) is 24.3 Å². The van der Waals surface area contributed by atoms with Gasteiger partial charge in [-0.25, -0.2) is 8.42 Å². The Morgan fingerprint density at radius 3 is 2.38 bits per heavy atom. The summed E-state index contributed by atoms with van der Waals surface area (Å²) in [6.45, 7) is 0.476. The number of hydrogen-bond donors (Lipinski definition) is 1. The van der Waals surface area contributed by atoms with Crippen LogP contribution in [-0.2, 0) is 27.8 Å². The van der Waals surface area contributed by atoms with Crippen molar-refractivity contribution < 1.29 is 22.7 Å². The van der Waals surface area contributed by atoms with Gasteiger partial charge in [-0.15, -0.1) is 0 Å². The van der Waals surface area contributed by atoms with Crippen LogP contribution in [0.3, 0.4) is 0 Å². The molecule has 1 aliphatic heterocycles. The van der Waals surface area contributed by atoms with Crippen LogP contribution in [0.1, 0.15) is 17.5 Å². The highest BCUT2D eigenvalue weighted by Crippen LogP contribution is 2.33.